The molecule has 3 aliphatic heterocycles. The smallest absolute Gasteiger partial charge is 0.0601 e. The van der Waals surface area contributed by atoms with Gasteiger partial charge in [0.1, 0.15) is 0 Å². The van der Waals surface area contributed by atoms with Crippen molar-refractivity contribution in [2.75, 3.05) is 32.9 Å². The molecule has 23 heavy (non-hydrogen) atoms. The Balaban J connectivity index is 1.41. The Bertz CT molecular complexity index is 396. The maximum Gasteiger partial charge on any atom is 0.0601 e. The predicted molar refractivity (Wildman–Crippen MR) is 99.8 cm³/mol. The lowest BCUT2D eigenvalue weighted by Crippen LogP contribution is -2.52. The van der Waals surface area contributed by atoms with Crippen LogP contribution in [0.4, 0.5) is 0 Å². The minimum atomic E-state index is 0.630. The van der Waals surface area contributed by atoms with Crippen molar-refractivity contribution >= 4 is 11.8 Å². The standard InChI is InChI=1S/C19H35N3S/c1-22(2)17-6-5-13(11-16(17)18-4-3-9-23-18)15-10-14-7-8-20-19(14)21-12-15/h13-21H,3-12H2,1-2H3. The topological polar surface area (TPSA) is 27.3 Å². The highest BCUT2D eigenvalue weighted by Crippen LogP contribution is 2.46. The van der Waals surface area contributed by atoms with Crippen molar-refractivity contribution in [3.05, 3.63) is 0 Å². The molecule has 7 unspecified atom stereocenters. The lowest BCUT2D eigenvalue weighted by molar-refractivity contribution is 0.0718. The normalized spacial score (nSPS) is 47.9. The van der Waals surface area contributed by atoms with Crippen LogP contribution in [0.25, 0.3) is 0 Å². The summed E-state index contributed by atoms with van der Waals surface area (Å²) >= 11 is 2.28. The van der Waals surface area contributed by atoms with Crippen LogP contribution in [0.2, 0.25) is 0 Å². The number of piperidine rings is 1. The quantitative estimate of drug-likeness (QED) is 0.828. The van der Waals surface area contributed by atoms with E-state index in [-0.39, 0.29) is 0 Å². The molecule has 0 spiro atoms. The average molecular weight is 338 g/mol. The summed E-state index contributed by atoms with van der Waals surface area (Å²) in [4.78, 5) is 2.54. The zero-order valence-electron chi connectivity index (χ0n) is 15.0. The van der Waals surface area contributed by atoms with Crippen LogP contribution in [0, 0.1) is 23.7 Å². The largest absolute Gasteiger partial charge is 0.306 e. The molecule has 2 N–H and O–H groups in total. The molecule has 1 saturated carbocycles. The number of nitrogens with one attached hydrogen (secondary N) is 2. The highest BCUT2D eigenvalue weighted by atomic mass is 32.2. The van der Waals surface area contributed by atoms with Gasteiger partial charge in [-0.2, -0.15) is 11.8 Å². The molecule has 4 aliphatic rings. The Hall–Kier alpha value is 0.230. The third-order valence-electron chi connectivity index (χ3n) is 7.23. The Morgan fingerprint density at radius 2 is 1.83 bits per heavy atom. The molecular weight excluding hydrogens is 302 g/mol. The summed E-state index contributed by atoms with van der Waals surface area (Å²) in [7, 11) is 4.63. The summed E-state index contributed by atoms with van der Waals surface area (Å²) in [6.07, 6.45) is 10.8. The fourth-order valence-corrected chi connectivity index (χ4v) is 7.50. The van der Waals surface area contributed by atoms with Gasteiger partial charge in [-0.25, -0.2) is 0 Å². The molecule has 4 fully saturated rings. The Labute approximate surface area is 146 Å². The SMILES string of the molecule is CN(C)C1CCC(C2CNC3NCCC3C2)CC1C1CCCS1. The number of nitrogens with zero attached hydrogens (tertiary/aromatic N) is 1. The minimum absolute atomic E-state index is 0.630. The van der Waals surface area contributed by atoms with Crippen LogP contribution in [-0.2, 0) is 0 Å². The Morgan fingerprint density at radius 3 is 2.61 bits per heavy atom. The number of hydrogen-bond acceptors (Lipinski definition) is 4. The first-order valence-electron chi connectivity index (χ1n) is 9.97. The van der Waals surface area contributed by atoms with Crippen LogP contribution >= 0.6 is 11.8 Å². The monoisotopic (exact) mass is 337 g/mol. The molecule has 132 valence electrons. The van der Waals surface area contributed by atoms with E-state index in [4.69, 9.17) is 0 Å². The predicted octanol–water partition coefficient (Wildman–Crippen LogP) is 2.77. The van der Waals surface area contributed by atoms with Crippen molar-refractivity contribution < 1.29 is 0 Å². The second-order valence-corrected chi connectivity index (χ2v) is 10.1. The van der Waals surface area contributed by atoms with E-state index in [0.717, 1.165) is 35.0 Å². The summed E-state index contributed by atoms with van der Waals surface area (Å²) in [5, 5.41) is 8.40. The Kier molecular flexibility index (Phi) is 5.24. The Morgan fingerprint density at radius 1 is 0.913 bits per heavy atom. The van der Waals surface area contributed by atoms with E-state index < -0.39 is 0 Å². The fourth-order valence-electron chi connectivity index (χ4n) is 5.99. The summed E-state index contributed by atoms with van der Waals surface area (Å²) in [5.74, 6) is 5.17. The van der Waals surface area contributed by atoms with Crippen molar-refractivity contribution in [3.8, 4) is 0 Å². The fraction of sp³-hybridized carbons (Fsp3) is 1.00. The second kappa shape index (κ2) is 7.23. The second-order valence-electron chi connectivity index (χ2n) is 8.70. The average Bonchev–Trinajstić information content (AvgIpc) is 3.25. The van der Waals surface area contributed by atoms with E-state index in [1.807, 2.05) is 0 Å². The lowest BCUT2D eigenvalue weighted by Gasteiger charge is -2.46. The van der Waals surface area contributed by atoms with E-state index in [1.54, 1.807) is 0 Å². The van der Waals surface area contributed by atoms with Gasteiger partial charge in [0, 0.05) is 11.3 Å². The van der Waals surface area contributed by atoms with Crippen molar-refractivity contribution in [1.29, 1.82) is 0 Å². The molecule has 4 heteroatoms. The van der Waals surface area contributed by atoms with Gasteiger partial charge in [0.15, 0.2) is 0 Å². The van der Waals surface area contributed by atoms with E-state index in [0.29, 0.717) is 6.17 Å². The maximum atomic E-state index is 3.82. The zero-order chi connectivity index (χ0) is 15.8. The summed E-state index contributed by atoms with van der Waals surface area (Å²) < 4.78 is 0. The first-order valence-corrected chi connectivity index (χ1v) is 11.0. The van der Waals surface area contributed by atoms with E-state index in [9.17, 15) is 0 Å². The van der Waals surface area contributed by atoms with Crippen LogP contribution in [-0.4, -0.2) is 55.3 Å². The highest BCUT2D eigenvalue weighted by Gasteiger charge is 2.42. The molecular formula is C19H35N3S. The summed E-state index contributed by atoms with van der Waals surface area (Å²) in [5.41, 5.74) is 0. The number of rotatable bonds is 3. The van der Waals surface area contributed by atoms with Gasteiger partial charge in [0.05, 0.1) is 6.17 Å². The van der Waals surface area contributed by atoms with Gasteiger partial charge in [-0.15, -0.1) is 0 Å². The molecule has 3 saturated heterocycles. The van der Waals surface area contributed by atoms with Crippen molar-refractivity contribution in [2.24, 2.45) is 23.7 Å². The van der Waals surface area contributed by atoms with Crippen LogP contribution < -0.4 is 10.6 Å². The van der Waals surface area contributed by atoms with Gasteiger partial charge < -0.3 is 15.5 Å². The maximum absolute atomic E-state index is 3.82. The molecule has 0 aromatic heterocycles. The van der Waals surface area contributed by atoms with Crippen molar-refractivity contribution in [1.82, 2.24) is 15.5 Å². The molecule has 4 rings (SSSR count). The van der Waals surface area contributed by atoms with Gasteiger partial charge in [-0.1, -0.05) is 0 Å². The first-order chi connectivity index (χ1) is 11.2. The molecule has 3 nitrogen and oxygen atoms in total. The number of thioether (sulfide) groups is 1. The lowest BCUT2D eigenvalue weighted by atomic mass is 9.68. The third-order valence-corrected chi connectivity index (χ3v) is 8.77. The first kappa shape index (κ1) is 16.7. The molecule has 0 amide bonds. The van der Waals surface area contributed by atoms with Gasteiger partial charge in [-0.3, -0.25) is 0 Å². The molecule has 0 aromatic rings. The third kappa shape index (κ3) is 3.47. The van der Waals surface area contributed by atoms with Crippen LogP contribution in [0.5, 0.6) is 0 Å². The van der Waals surface area contributed by atoms with Gasteiger partial charge >= 0.3 is 0 Å². The molecule has 3 heterocycles. The van der Waals surface area contributed by atoms with Crippen molar-refractivity contribution in [3.63, 3.8) is 0 Å². The molecule has 7 atom stereocenters. The minimum Gasteiger partial charge on any atom is -0.306 e. The van der Waals surface area contributed by atoms with Gasteiger partial charge in [-0.05, 0) is 102 Å². The van der Waals surface area contributed by atoms with Crippen LogP contribution in [0.1, 0.15) is 44.9 Å². The molecule has 0 bridgehead atoms. The van der Waals surface area contributed by atoms with E-state index in [2.05, 4.69) is 41.4 Å². The van der Waals surface area contributed by atoms with E-state index in [1.165, 1.54) is 63.8 Å². The van der Waals surface area contributed by atoms with Crippen LogP contribution in [0.15, 0.2) is 0 Å². The summed E-state index contributed by atoms with van der Waals surface area (Å²) in [6.45, 7) is 2.49. The van der Waals surface area contributed by atoms with Crippen molar-refractivity contribution in [2.45, 2.75) is 62.4 Å². The van der Waals surface area contributed by atoms with E-state index >= 15 is 0 Å². The van der Waals surface area contributed by atoms with Gasteiger partial charge in [0.25, 0.3) is 0 Å². The molecule has 1 aliphatic carbocycles. The highest BCUT2D eigenvalue weighted by molar-refractivity contribution is 8.00. The summed E-state index contributed by atoms with van der Waals surface area (Å²) in [6, 6.07) is 0.833. The number of fused-ring (bicyclic) bond motifs is 1. The van der Waals surface area contributed by atoms with Gasteiger partial charge in [0.2, 0.25) is 0 Å². The zero-order valence-corrected chi connectivity index (χ0v) is 15.8. The molecule has 0 aromatic carbocycles. The van der Waals surface area contributed by atoms with Crippen LogP contribution in [0.3, 0.4) is 0 Å². The number of hydrogen-bond donors (Lipinski definition) is 2. The molecule has 0 radical (unpaired) electrons.